The molecule has 0 fully saturated rings. The summed E-state index contributed by atoms with van der Waals surface area (Å²) < 4.78 is 0. The van der Waals surface area contributed by atoms with Gasteiger partial charge in [0.05, 0.1) is 11.5 Å². The van der Waals surface area contributed by atoms with Crippen molar-refractivity contribution in [1.29, 1.82) is 0 Å². The van der Waals surface area contributed by atoms with Crippen LogP contribution in [0.3, 0.4) is 0 Å². The van der Waals surface area contributed by atoms with Crippen LogP contribution in [-0.4, -0.2) is 34.9 Å². The van der Waals surface area contributed by atoms with E-state index in [1.165, 1.54) is 12.1 Å². The molecule has 1 amide bonds. The van der Waals surface area contributed by atoms with Gasteiger partial charge in [-0.2, -0.15) is 0 Å². The van der Waals surface area contributed by atoms with E-state index in [1.54, 1.807) is 24.1 Å². The number of nitro benzene ring substituents is 1. The first kappa shape index (κ1) is 16.1. The van der Waals surface area contributed by atoms with Gasteiger partial charge in [-0.25, -0.2) is 0 Å². The zero-order valence-corrected chi connectivity index (χ0v) is 12.3. The number of carbonyl (C=O) groups excluding carboxylic acids is 1. The van der Waals surface area contributed by atoms with Crippen LogP contribution in [0.25, 0.3) is 0 Å². The van der Waals surface area contributed by atoms with Crippen molar-refractivity contribution < 1.29 is 9.72 Å². The summed E-state index contributed by atoms with van der Waals surface area (Å²) in [6, 6.07) is 6.32. The highest BCUT2D eigenvalue weighted by molar-refractivity contribution is 5.78. The van der Waals surface area contributed by atoms with E-state index in [4.69, 9.17) is 0 Å². The zero-order valence-electron chi connectivity index (χ0n) is 12.3. The van der Waals surface area contributed by atoms with Gasteiger partial charge >= 0.3 is 0 Å². The normalized spacial score (nSPS) is 11.2. The first-order valence-corrected chi connectivity index (χ1v) is 6.41. The lowest BCUT2D eigenvalue weighted by Gasteiger charge is -2.23. The van der Waals surface area contributed by atoms with Gasteiger partial charge in [0.1, 0.15) is 0 Å². The highest BCUT2D eigenvalue weighted by atomic mass is 16.6. The molecular weight excluding hydrogens is 258 g/mol. The number of nitro groups is 1. The second-order valence-electron chi connectivity index (χ2n) is 5.78. The van der Waals surface area contributed by atoms with Gasteiger partial charge in [-0.1, -0.05) is 12.1 Å². The van der Waals surface area contributed by atoms with Gasteiger partial charge in [0.2, 0.25) is 5.91 Å². The number of benzene rings is 1. The molecule has 0 aliphatic heterocycles. The predicted octanol–water partition coefficient (Wildman–Crippen LogP) is 1.94. The van der Waals surface area contributed by atoms with Crippen LogP contribution in [0.5, 0.6) is 0 Å². The first-order chi connectivity index (χ1) is 9.19. The topological polar surface area (TPSA) is 75.5 Å². The van der Waals surface area contributed by atoms with Crippen LogP contribution in [0.1, 0.15) is 26.3 Å². The molecule has 0 aliphatic carbocycles. The van der Waals surface area contributed by atoms with E-state index >= 15 is 0 Å². The molecule has 0 saturated carbocycles. The lowest BCUT2D eigenvalue weighted by Crippen LogP contribution is -2.43. The van der Waals surface area contributed by atoms with Crippen molar-refractivity contribution in [2.45, 2.75) is 32.9 Å². The molecular formula is C14H21N3O3. The minimum absolute atomic E-state index is 0.0381. The standard InChI is InChI=1S/C14H21N3O3/c1-14(2,3)15-9-13(18)16(4)10-11-6-5-7-12(8-11)17(19)20/h5-8,15H,9-10H2,1-4H3. The number of hydrogen-bond donors (Lipinski definition) is 1. The van der Waals surface area contributed by atoms with Crippen molar-refractivity contribution in [3.05, 3.63) is 39.9 Å². The molecule has 6 nitrogen and oxygen atoms in total. The molecule has 1 rings (SSSR count). The maximum absolute atomic E-state index is 11.9. The van der Waals surface area contributed by atoms with Crippen molar-refractivity contribution in [3.63, 3.8) is 0 Å². The Hall–Kier alpha value is -1.95. The molecule has 1 aromatic rings. The average molecular weight is 279 g/mol. The summed E-state index contributed by atoms with van der Waals surface area (Å²) in [6.45, 7) is 6.56. The lowest BCUT2D eigenvalue weighted by atomic mass is 10.1. The van der Waals surface area contributed by atoms with Crippen molar-refractivity contribution in [3.8, 4) is 0 Å². The van der Waals surface area contributed by atoms with Gasteiger partial charge < -0.3 is 10.2 Å². The van der Waals surface area contributed by atoms with E-state index in [0.717, 1.165) is 5.56 Å². The molecule has 0 spiro atoms. The number of rotatable bonds is 5. The highest BCUT2D eigenvalue weighted by Gasteiger charge is 2.15. The molecule has 0 radical (unpaired) electrons. The molecule has 110 valence electrons. The van der Waals surface area contributed by atoms with Gasteiger partial charge in [0.25, 0.3) is 5.69 Å². The van der Waals surface area contributed by atoms with Gasteiger partial charge in [0.15, 0.2) is 0 Å². The Labute approximate surface area is 118 Å². The highest BCUT2D eigenvalue weighted by Crippen LogP contribution is 2.14. The maximum atomic E-state index is 11.9. The Morgan fingerprint density at radius 1 is 1.40 bits per heavy atom. The van der Waals surface area contributed by atoms with E-state index in [2.05, 4.69) is 5.32 Å². The fraction of sp³-hybridized carbons (Fsp3) is 0.500. The molecule has 0 aromatic heterocycles. The second-order valence-corrected chi connectivity index (χ2v) is 5.78. The molecule has 6 heteroatoms. The molecule has 20 heavy (non-hydrogen) atoms. The van der Waals surface area contributed by atoms with Gasteiger partial charge in [-0.05, 0) is 26.3 Å². The van der Waals surface area contributed by atoms with E-state index in [0.29, 0.717) is 6.54 Å². The summed E-state index contributed by atoms with van der Waals surface area (Å²) in [6.07, 6.45) is 0. The Bertz CT molecular complexity index is 495. The molecule has 0 aliphatic rings. The minimum atomic E-state index is -0.438. The maximum Gasteiger partial charge on any atom is 0.269 e. The lowest BCUT2D eigenvalue weighted by molar-refractivity contribution is -0.384. The fourth-order valence-electron chi connectivity index (χ4n) is 1.61. The van der Waals surface area contributed by atoms with Gasteiger partial charge in [-0.3, -0.25) is 14.9 Å². The van der Waals surface area contributed by atoms with Crippen molar-refractivity contribution in [2.75, 3.05) is 13.6 Å². The molecule has 0 bridgehead atoms. The minimum Gasteiger partial charge on any atom is -0.340 e. The zero-order chi connectivity index (χ0) is 15.3. The number of amides is 1. The van der Waals surface area contributed by atoms with Crippen molar-refractivity contribution in [1.82, 2.24) is 10.2 Å². The summed E-state index contributed by atoms with van der Waals surface area (Å²) in [5, 5.41) is 13.8. The van der Waals surface area contributed by atoms with Crippen LogP contribution in [-0.2, 0) is 11.3 Å². The molecule has 1 aromatic carbocycles. The van der Waals surface area contributed by atoms with Crippen molar-refractivity contribution >= 4 is 11.6 Å². The van der Waals surface area contributed by atoms with E-state index < -0.39 is 4.92 Å². The van der Waals surface area contributed by atoms with Crippen molar-refractivity contribution in [2.24, 2.45) is 0 Å². The molecule has 0 atom stereocenters. The van der Waals surface area contributed by atoms with Crippen LogP contribution in [0.15, 0.2) is 24.3 Å². The van der Waals surface area contributed by atoms with Crippen LogP contribution < -0.4 is 5.32 Å². The third-order valence-corrected chi connectivity index (χ3v) is 2.74. The fourth-order valence-corrected chi connectivity index (χ4v) is 1.61. The quantitative estimate of drug-likeness (QED) is 0.660. The van der Waals surface area contributed by atoms with Gasteiger partial charge in [0, 0.05) is 31.3 Å². The summed E-state index contributed by atoms with van der Waals surface area (Å²) >= 11 is 0. The Morgan fingerprint density at radius 3 is 2.60 bits per heavy atom. The number of likely N-dealkylation sites (N-methyl/N-ethyl adjacent to an activating group) is 1. The van der Waals surface area contributed by atoms with Crippen LogP contribution >= 0.6 is 0 Å². The Balaban J connectivity index is 2.61. The summed E-state index contributed by atoms with van der Waals surface area (Å²) in [5.41, 5.74) is 0.657. The number of carbonyl (C=O) groups is 1. The summed E-state index contributed by atoms with van der Waals surface area (Å²) in [7, 11) is 1.69. The van der Waals surface area contributed by atoms with E-state index in [1.807, 2.05) is 20.8 Å². The number of hydrogen-bond acceptors (Lipinski definition) is 4. The van der Waals surface area contributed by atoms with E-state index in [9.17, 15) is 14.9 Å². The number of nitrogens with zero attached hydrogens (tertiary/aromatic N) is 2. The Morgan fingerprint density at radius 2 is 2.05 bits per heavy atom. The SMILES string of the molecule is CN(Cc1cccc([N+](=O)[O-])c1)C(=O)CNC(C)(C)C. The monoisotopic (exact) mass is 279 g/mol. The third kappa shape index (κ3) is 5.36. The largest absolute Gasteiger partial charge is 0.340 e. The van der Waals surface area contributed by atoms with E-state index in [-0.39, 0.29) is 23.7 Å². The summed E-state index contributed by atoms with van der Waals surface area (Å²) in [5.74, 6) is -0.0496. The first-order valence-electron chi connectivity index (χ1n) is 6.41. The number of non-ortho nitro benzene ring substituents is 1. The molecule has 0 saturated heterocycles. The van der Waals surface area contributed by atoms with Gasteiger partial charge in [-0.15, -0.1) is 0 Å². The Kier molecular flexibility index (Phi) is 5.21. The molecule has 0 unspecified atom stereocenters. The van der Waals surface area contributed by atoms with Crippen LogP contribution in [0.4, 0.5) is 5.69 Å². The van der Waals surface area contributed by atoms with Crippen LogP contribution in [0.2, 0.25) is 0 Å². The average Bonchev–Trinajstić information content (AvgIpc) is 2.35. The third-order valence-electron chi connectivity index (χ3n) is 2.74. The van der Waals surface area contributed by atoms with Crippen LogP contribution in [0, 0.1) is 10.1 Å². The molecule has 1 N–H and O–H groups in total. The summed E-state index contributed by atoms with van der Waals surface area (Å²) in [4.78, 5) is 23.8. The molecule has 0 heterocycles. The second kappa shape index (κ2) is 6.47. The number of nitrogens with one attached hydrogen (secondary N) is 1. The predicted molar refractivity (Wildman–Crippen MR) is 77.3 cm³/mol. The smallest absolute Gasteiger partial charge is 0.269 e.